The summed E-state index contributed by atoms with van der Waals surface area (Å²) in [5, 5.41) is 3.81. The van der Waals surface area contributed by atoms with Crippen LogP contribution in [0.15, 0.2) is 61.2 Å². The van der Waals surface area contributed by atoms with Crippen molar-refractivity contribution in [3.8, 4) is 11.5 Å². The fourth-order valence-corrected chi connectivity index (χ4v) is 4.46. The molecule has 2 aromatic rings. The monoisotopic (exact) mass is 410 g/mol. The molecule has 2 heterocycles. The number of anilines is 1. The van der Waals surface area contributed by atoms with Crippen LogP contribution in [0.3, 0.4) is 0 Å². The van der Waals surface area contributed by atoms with Crippen molar-refractivity contribution in [2.45, 2.75) is 18.7 Å². The average molecular weight is 410 g/mol. The number of thiocarbonyl (C=S) groups is 1. The Hall–Kier alpha value is -3.06. The molecule has 0 aliphatic carbocycles. The van der Waals surface area contributed by atoms with Crippen molar-refractivity contribution in [3.63, 3.8) is 0 Å². The van der Waals surface area contributed by atoms with Crippen LogP contribution in [0.5, 0.6) is 11.5 Å². The van der Waals surface area contributed by atoms with E-state index >= 15 is 0 Å². The number of carbonyl (C=O) groups excluding carboxylic acids is 1. The molecular weight excluding hydrogens is 388 g/mol. The molecule has 0 amide bonds. The van der Waals surface area contributed by atoms with Gasteiger partial charge in [0.15, 0.2) is 5.11 Å². The number of hydrogen-bond acceptors (Lipinski definition) is 5. The molecule has 6 nitrogen and oxygen atoms in total. The summed E-state index contributed by atoms with van der Waals surface area (Å²) in [5.41, 5.74) is 0.552. The number of para-hydroxylation sites is 1. The Morgan fingerprint density at radius 2 is 2.10 bits per heavy atom. The number of fused-ring (bicyclic) bond motifs is 4. The SMILES string of the molecule is C=CCOC(=O)[C@H]1[C@H]2NC(=S)N(c3ccccc3)[C@@]1(C)Oc1ccc(OC)cc12. The third kappa shape index (κ3) is 3.11. The number of nitrogens with zero attached hydrogens (tertiary/aromatic N) is 1. The van der Waals surface area contributed by atoms with Crippen LogP contribution < -0.4 is 19.7 Å². The first kappa shape index (κ1) is 19.3. The van der Waals surface area contributed by atoms with Gasteiger partial charge in [-0.3, -0.25) is 9.69 Å². The third-order valence-electron chi connectivity index (χ3n) is 5.32. The molecule has 0 spiro atoms. The second-order valence-electron chi connectivity index (χ2n) is 7.05. The lowest BCUT2D eigenvalue weighted by Gasteiger charge is -2.55. The molecule has 2 bridgehead atoms. The number of carbonyl (C=O) groups is 1. The number of benzene rings is 2. The van der Waals surface area contributed by atoms with Gasteiger partial charge in [0.1, 0.15) is 24.0 Å². The summed E-state index contributed by atoms with van der Waals surface area (Å²) in [6, 6.07) is 14.7. The molecule has 1 N–H and O–H groups in total. The average Bonchev–Trinajstić information content (AvgIpc) is 2.72. The number of rotatable bonds is 5. The normalized spacial score (nSPS) is 24.6. The van der Waals surface area contributed by atoms with Gasteiger partial charge in [-0.15, -0.1) is 0 Å². The van der Waals surface area contributed by atoms with Gasteiger partial charge in [0.05, 0.1) is 13.2 Å². The lowest BCUT2D eigenvalue weighted by molar-refractivity contribution is -0.159. The largest absolute Gasteiger partial charge is 0.497 e. The van der Waals surface area contributed by atoms with Crippen molar-refractivity contribution in [3.05, 3.63) is 66.7 Å². The van der Waals surface area contributed by atoms with Crippen LogP contribution in [0.2, 0.25) is 0 Å². The van der Waals surface area contributed by atoms with Gasteiger partial charge < -0.3 is 19.5 Å². The highest BCUT2D eigenvalue weighted by Crippen LogP contribution is 2.50. The summed E-state index contributed by atoms with van der Waals surface area (Å²) in [4.78, 5) is 15.0. The number of methoxy groups -OCH3 is 1. The van der Waals surface area contributed by atoms with Gasteiger partial charge in [0.25, 0.3) is 0 Å². The van der Waals surface area contributed by atoms with Crippen LogP contribution in [-0.2, 0) is 9.53 Å². The first-order valence-electron chi connectivity index (χ1n) is 9.30. The molecular formula is C22H22N2O4S. The van der Waals surface area contributed by atoms with Crippen molar-refractivity contribution >= 4 is 29.0 Å². The van der Waals surface area contributed by atoms with Crippen LogP contribution in [0.25, 0.3) is 0 Å². The fraction of sp³-hybridized carbons (Fsp3) is 0.273. The van der Waals surface area contributed by atoms with Crippen molar-refractivity contribution in [1.82, 2.24) is 5.32 Å². The maximum Gasteiger partial charge on any atom is 0.317 e. The third-order valence-corrected chi connectivity index (χ3v) is 5.62. The Balaban J connectivity index is 1.87. The maximum absolute atomic E-state index is 13.1. The second kappa shape index (κ2) is 7.40. The van der Waals surface area contributed by atoms with Gasteiger partial charge in [0.2, 0.25) is 5.72 Å². The topological polar surface area (TPSA) is 60.0 Å². The molecule has 2 aromatic carbocycles. The molecule has 0 saturated carbocycles. The molecule has 29 heavy (non-hydrogen) atoms. The van der Waals surface area contributed by atoms with Gasteiger partial charge in [-0.05, 0) is 49.5 Å². The van der Waals surface area contributed by atoms with Gasteiger partial charge in [-0.2, -0.15) is 0 Å². The van der Waals surface area contributed by atoms with E-state index in [4.69, 9.17) is 26.4 Å². The Morgan fingerprint density at radius 3 is 2.79 bits per heavy atom. The van der Waals surface area contributed by atoms with E-state index in [2.05, 4.69) is 11.9 Å². The number of hydrogen-bond donors (Lipinski definition) is 1. The number of ether oxygens (including phenoxy) is 3. The van der Waals surface area contributed by atoms with Crippen molar-refractivity contribution in [2.75, 3.05) is 18.6 Å². The Labute approximate surface area is 175 Å². The van der Waals surface area contributed by atoms with Crippen LogP contribution >= 0.6 is 12.2 Å². The van der Waals surface area contributed by atoms with Crippen LogP contribution in [-0.4, -0.2) is 30.5 Å². The Bertz CT molecular complexity index is 965. The summed E-state index contributed by atoms with van der Waals surface area (Å²) in [5.74, 6) is 0.283. The minimum atomic E-state index is -1.08. The summed E-state index contributed by atoms with van der Waals surface area (Å²) in [6.07, 6.45) is 1.55. The highest BCUT2D eigenvalue weighted by molar-refractivity contribution is 7.80. The molecule has 0 radical (unpaired) electrons. The summed E-state index contributed by atoms with van der Waals surface area (Å²) in [6.45, 7) is 5.62. The molecule has 1 fully saturated rings. The summed E-state index contributed by atoms with van der Waals surface area (Å²) >= 11 is 5.69. The Kier molecular flexibility index (Phi) is 4.92. The van der Waals surface area contributed by atoms with E-state index in [1.807, 2.05) is 60.4 Å². The van der Waals surface area contributed by atoms with Gasteiger partial charge in [-0.25, -0.2) is 0 Å². The van der Waals surface area contributed by atoms with Crippen molar-refractivity contribution in [1.29, 1.82) is 0 Å². The predicted molar refractivity (Wildman–Crippen MR) is 114 cm³/mol. The molecule has 0 unspecified atom stereocenters. The smallest absolute Gasteiger partial charge is 0.317 e. The van der Waals surface area contributed by atoms with E-state index in [1.54, 1.807) is 13.2 Å². The molecule has 2 aliphatic heterocycles. The highest BCUT2D eigenvalue weighted by atomic mass is 32.1. The second-order valence-corrected chi connectivity index (χ2v) is 7.44. The first-order valence-corrected chi connectivity index (χ1v) is 9.70. The van der Waals surface area contributed by atoms with Crippen LogP contribution in [0.4, 0.5) is 5.69 Å². The van der Waals surface area contributed by atoms with Gasteiger partial charge in [-0.1, -0.05) is 30.9 Å². The van der Waals surface area contributed by atoms with E-state index in [0.717, 1.165) is 11.3 Å². The standard InChI is InChI=1S/C22H22N2O4S/c1-4-12-27-20(25)18-19-16-13-15(26-3)10-11-17(16)28-22(18,2)24(21(29)23-19)14-8-6-5-7-9-14/h4-11,13,18-19H,1,12H2,2-3H3,(H,23,29)/t18-,19+,22+/m1/s1. The van der Waals surface area contributed by atoms with Crippen LogP contribution in [0.1, 0.15) is 18.5 Å². The zero-order valence-corrected chi connectivity index (χ0v) is 17.1. The molecule has 2 aliphatic rings. The van der Waals surface area contributed by atoms with E-state index in [-0.39, 0.29) is 12.6 Å². The van der Waals surface area contributed by atoms with Crippen molar-refractivity contribution < 1.29 is 19.0 Å². The molecule has 3 atom stereocenters. The van der Waals surface area contributed by atoms with Gasteiger partial charge >= 0.3 is 5.97 Å². The molecule has 7 heteroatoms. The van der Waals surface area contributed by atoms with Crippen LogP contribution in [0, 0.1) is 5.92 Å². The maximum atomic E-state index is 13.1. The fourth-order valence-electron chi connectivity index (χ4n) is 4.05. The van der Waals surface area contributed by atoms with E-state index in [9.17, 15) is 4.79 Å². The molecule has 0 aromatic heterocycles. The van der Waals surface area contributed by atoms with Gasteiger partial charge in [0, 0.05) is 11.3 Å². The quantitative estimate of drug-likeness (QED) is 0.459. The lowest BCUT2D eigenvalue weighted by atomic mass is 9.79. The molecule has 1 saturated heterocycles. The highest BCUT2D eigenvalue weighted by Gasteiger charge is 2.59. The molecule has 150 valence electrons. The summed E-state index contributed by atoms with van der Waals surface area (Å²) in [7, 11) is 1.60. The molecule has 4 rings (SSSR count). The zero-order chi connectivity index (χ0) is 20.6. The number of nitrogens with one attached hydrogen (secondary N) is 1. The predicted octanol–water partition coefficient (Wildman–Crippen LogP) is 3.59. The zero-order valence-electron chi connectivity index (χ0n) is 16.3. The van der Waals surface area contributed by atoms with E-state index in [1.165, 1.54) is 0 Å². The first-order chi connectivity index (χ1) is 14.0. The van der Waals surface area contributed by atoms with Crippen molar-refractivity contribution in [2.24, 2.45) is 5.92 Å². The minimum Gasteiger partial charge on any atom is -0.497 e. The van der Waals surface area contributed by atoms with E-state index < -0.39 is 17.7 Å². The lowest BCUT2D eigenvalue weighted by Crippen LogP contribution is -2.71. The summed E-state index contributed by atoms with van der Waals surface area (Å²) < 4.78 is 17.3. The number of esters is 1. The Morgan fingerprint density at radius 1 is 1.34 bits per heavy atom. The minimum absolute atomic E-state index is 0.124. The van der Waals surface area contributed by atoms with E-state index in [0.29, 0.717) is 16.6 Å².